The van der Waals surface area contributed by atoms with Gasteiger partial charge >= 0.3 is 5.97 Å². The number of hydrogen-bond donors (Lipinski definition) is 1. The van der Waals surface area contributed by atoms with E-state index in [4.69, 9.17) is 9.84 Å². The highest BCUT2D eigenvalue weighted by atomic mass is 19.1. The van der Waals surface area contributed by atoms with Crippen LogP contribution in [-0.2, 0) is 0 Å². The number of ether oxygens (including phenoxy) is 1. The minimum absolute atomic E-state index is 0.143. The van der Waals surface area contributed by atoms with Crippen molar-refractivity contribution in [3.8, 4) is 11.6 Å². The molecule has 0 bridgehead atoms. The van der Waals surface area contributed by atoms with Crippen LogP contribution in [-0.4, -0.2) is 21.0 Å². The molecule has 2 aromatic rings. The van der Waals surface area contributed by atoms with Crippen molar-refractivity contribution in [3.05, 3.63) is 47.2 Å². The lowest BCUT2D eigenvalue weighted by Gasteiger charge is -2.09. The van der Waals surface area contributed by atoms with E-state index in [1.807, 2.05) is 0 Å². The van der Waals surface area contributed by atoms with Crippen LogP contribution >= 0.6 is 0 Å². The first-order valence-electron chi connectivity index (χ1n) is 5.48. The zero-order chi connectivity index (χ0) is 14.0. The second-order valence-corrected chi connectivity index (χ2v) is 3.97. The van der Waals surface area contributed by atoms with Gasteiger partial charge < -0.3 is 9.84 Å². The first-order chi connectivity index (χ1) is 8.99. The summed E-state index contributed by atoms with van der Waals surface area (Å²) < 4.78 is 19.0. The fourth-order valence-corrected chi connectivity index (χ4v) is 1.51. The topological polar surface area (TPSA) is 72.3 Å². The molecule has 0 aliphatic heterocycles. The average molecular weight is 262 g/mol. The van der Waals surface area contributed by atoms with Crippen LogP contribution in [0.2, 0.25) is 0 Å². The molecule has 0 amide bonds. The summed E-state index contributed by atoms with van der Waals surface area (Å²) in [7, 11) is 0. The van der Waals surface area contributed by atoms with Crippen molar-refractivity contribution in [1.82, 2.24) is 9.97 Å². The number of nitrogens with zero attached hydrogens (tertiary/aromatic N) is 2. The summed E-state index contributed by atoms with van der Waals surface area (Å²) in [5, 5.41) is 8.85. The largest absolute Gasteiger partial charge is 0.478 e. The molecule has 0 saturated carbocycles. The number of carboxylic acids is 1. The van der Waals surface area contributed by atoms with Crippen LogP contribution in [0, 0.1) is 19.7 Å². The minimum atomic E-state index is -1.03. The second-order valence-electron chi connectivity index (χ2n) is 3.97. The summed E-state index contributed by atoms with van der Waals surface area (Å²) in [4.78, 5) is 18.2. The maximum Gasteiger partial charge on any atom is 0.335 e. The van der Waals surface area contributed by atoms with E-state index in [0.29, 0.717) is 11.3 Å². The number of aryl methyl sites for hydroxylation is 2. The van der Waals surface area contributed by atoms with Gasteiger partial charge in [0.15, 0.2) is 0 Å². The van der Waals surface area contributed by atoms with E-state index >= 15 is 0 Å². The first-order valence-corrected chi connectivity index (χ1v) is 5.48. The summed E-state index contributed by atoms with van der Waals surface area (Å²) in [5.41, 5.74) is 0.907. The van der Waals surface area contributed by atoms with Gasteiger partial charge in [0, 0.05) is 0 Å². The lowest BCUT2D eigenvalue weighted by atomic mass is 10.1. The Morgan fingerprint density at radius 1 is 1.32 bits per heavy atom. The predicted octanol–water partition coefficient (Wildman–Crippen LogP) is 2.72. The van der Waals surface area contributed by atoms with Gasteiger partial charge in [0.1, 0.15) is 12.1 Å². The van der Waals surface area contributed by atoms with Crippen molar-refractivity contribution in [3.63, 3.8) is 0 Å². The Balaban J connectivity index is 2.34. The smallest absolute Gasteiger partial charge is 0.335 e. The van der Waals surface area contributed by atoms with Gasteiger partial charge in [-0.25, -0.2) is 9.78 Å². The van der Waals surface area contributed by atoms with Gasteiger partial charge in [0.25, 0.3) is 5.88 Å². The minimum Gasteiger partial charge on any atom is -0.478 e. The SMILES string of the molecule is Cc1cc(C(=O)O)ccc1Oc1ncnc(C)c1F. The lowest BCUT2D eigenvalue weighted by Crippen LogP contribution is -2.00. The maximum atomic E-state index is 13.7. The molecule has 0 aliphatic carbocycles. The van der Waals surface area contributed by atoms with Crippen molar-refractivity contribution >= 4 is 5.97 Å². The van der Waals surface area contributed by atoms with E-state index in [9.17, 15) is 9.18 Å². The lowest BCUT2D eigenvalue weighted by molar-refractivity contribution is 0.0696. The van der Waals surface area contributed by atoms with Crippen LogP contribution in [0.1, 0.15) is 21.6 Å². The average Bonchev–Trinajstić information content (AvgIpc) is 2.37. The maximum absolute atomic E-state index is 13.7. The molecular weight excluding hydrogens is 251 g/mol. The molecule has 0 aliphatic rings. The van der Waals surface area contributed by atoms with Crippen molar-refractivity contribution in [1.29, 1.82) is 0 Å². The van der Waals surface area contributed by atoms with Crippen LogP contribution in [0.15, 0.2) is 24.5 Å². The molecule has 98 valence electrons. The molecule has 5 nitrogen and oxygen atoms in total. The summed E-state index contributed by atoms with van der Waals surface area (Å²) in [6, 6.07) is 4.30. The molecule has 6 heteroatoms. The zero-order valence-corrected chi connectivity index (χ0v) is 10.3. The standard InChI is InChI=1S/C13H11FN2O3/c1-7-5-9(13(17)18)3-4-10(7)19-12-11(14)8(2)15-6-16-12/h3-6H,1-2H3,(H,17,18). The quantitative estimate of drug-likeness (QED) is 0.920. The van der Waals surface area contributed by atoms with Gasteiger partial charge in [0.05, 0.1) is 11.3 Å². The van der Waals surface area contributed by atoms with Gasteiger partial charge in [-0.05, 0) is 37.6 Å². The number of aromatic carboxylic acids is 1. The molecule has 0 atom stereocenters. The monoisotopic (exact) mass is 262 g/mol. The highest BCUT2D eigenvalue weighted by molar-refractivity contribution is 5.88. The number of benzene rings is 1. The fraction of sp³-hybridized carbons (Fsp3) is 0.154. The molecule has 0 saturated heterocycles. The third-order valence-electron chi connectivity index (χ3n) is 2.56. The number of rotatable bonds is 3. The highest BCUT2D eigenvalue weighted by Crippen LogP contribution is 2.26. The van der Waals surface area contributed by atoms with Crippen molar-refractivity contribution in [2.75, 3.05) is 0 Å². The number of carbonyl (C=O) groups is 1. The van der Waals surface area contributed by atoms with E-state index in [2.05, 4.69) is 9.97 Å². The predicted molar refractivity (Wildman–Crippen MR) is 64.9 cm³/mol. The van der Waals surface area contributed by atoms with E-state index < -0.39 is 11.8 Å². The molecule has 0 spiro atoms. The van der Waals surface area contributed by atoms with Crippen LogP contribution in [0.25, 0.3) is 0 Å². The molecule has 1 aromatic heterocycles. The fourth-order valence-electron chi connectivity index (χ4n) is 1.51. The summed E-state index contributed by atoms with van der Waals surface area (Å²) >= 11 is 0. The van der Waals surface area contributed by atoms with Gasteiger partial charge in [-0.3, -0.25) is 0 Å². The molecule has 0 radical (unpaired) electrons. The van der Waals surface area contributed by atoms with E-state index in [-0.39, 0.29) is 17.1 Å². The second kappa shape index (κ2) is 5.01. The third-order valence-corrected chi connectivity index (χ3v) is 2.56. The summed E-state index contributed by atoms with van der Waals surface area (Å²) in [6.07, 6.45) is 1.20. The molecule has 1 N–H and O–H groups in total. The van der Waals surface area contributed by atoms with Crippen molar-refractivity contribution in [2.24, 2.45) is 0 Å². The zero-order valence-electron chi connectivity index (χ0n) is 10.3. The molecule has 0 unspecified atom stereocenters. The molecule has 0 fully saturated rings. The third kappa shape index (κ3) is 2.67. The Morgan fingerprint density at radius 3 is 2.68 bits per heavy atom. The Hall–Kier alpha value is -2.50. The number of hydrogen-bond acceptors (Lipinski definition) is 4. The Bertz CT molecular complexity index is 644. The van der Waals surface area contributed by atoms with Crippen LogP contribution < -0.4 is 4.74 Å². The summed E-state index contributed by atoms with van der Waals surface area (Å²) in [6.45, 7) is 3.18. The van der Waals surface area contributed by atoms with E-state index in [1.54, 1.807) is 6.92 Å². The number of halogens is 1. The highest BCUT2D eigenvalue weighted by Gasteiger charge is 2.12. The molecule has 1 heterocycles. The molecular formula is C13H11FN2O3. The van der Waals surface area contributed by atoms with Crippen LogP contribution in [0.3, 0.4) is 0 Å². The van der Waals surface area contributed by atoms with Gasteiger partial charge in [-0.1, -0.05) is 0 Å². The van der Waals surface area contributed by atoms with Crippen molar-refractivity contribution in [2.45, 2.75) is 13.8 Å². The number of aromatic nitrogens is 2. The molecule has 1 aromatic carbocycles. The number of carboxylic acid groups (broad SMARTS) is 1. The summed E-state index contributed by atoms with van der Waals surface area (Å²) in [5.74, 6) is -1.50. The van der Waals surface area contributed by atoms with Crippen molar-refractivity contribution < 1.29 is 19.0 Å². The Labute approximate surface area is 108 Å². The van der Waals surface area contributed by atoms with E-state index in [0.717, 1.165) is 0 Å². The van der Waals surface area contributed by atoms with E-state index in [1.165, 1.54) is 31.5 Å². The Kier molecular flexibility index (Phi) is 3.41. The van der Waals surface area contributed by atoms with Gasteiger partial charge in [-0.15, -0.1) is 0 Å². The first kappa shape index (κ1) is 12.9. The molecule has 2 rings (SSSR count). The van der Waals surface area contributed by atoms with Gasteiger partial charge in [-0.2, -0.15) is 9.37 Å². The van der Waals surface area contributed by atoms with Crippen LogP contribution in [0.4, 0.5) is 4.39 Å². The van der Waals surface area contributed by atoms with Crippen LogP contribution in [0.5, 0.6) is 11.6 Å². The normalized spacial score (nSPS) is 10.3. The Morgan fingerprint density at radius 2 is 2.05 bits per heavy atom. The van der Waals surface area contributed by atoms with Gasteiger partial charge in [0.2, 0.25) is 5.82 Å². The molecule has 19 heavy (non-hydrogen) atoms.